The summed E-state index contributed by atoms with van der Waals surface area (Å²) in [6, 6.07) is 0.431. The molecule has 2 heterocycles. The molecule has 0 bridgehead atoms. The van der Waals surface area contributed by atoms with Crippen LogP contribution in [0, 0.1) is 5.92 Å². The number of carbonyl (C=O) groups is 1. The number of hydrogen-bond acceptors (Lipinski definition) is 4. The molecule has 5 nitrogen and oxygen atoms in total. The lowest BCUT2D eigenvalue weighted by Crippen LogP contribution is -2.45. The minimum atomic E-state index is 0.272. The summed E-state index contributed by atoms with van der Waals surface area (Å²) in [5.41, 5.74) is 0. The van der Waals surface area contributed by atoms with Gasteiger partial charge in [-0.25, -0.2) is 9.67 Å². The smallest absolute Gasteiger partial charge is 0.141 e. The monoisotopic (exact) mass is 276 g/mol. The summed E-state index contributed by atoms with van der Waals surface area (Å²) in [6.45, 7) is 4.87. The Kier molecular flexibility index (Phi) is 4.15. The van der Waals surface area contributed by atoms with Crippen molar-refractivity contribution in [3.05, 3.63) is 12.2 Å². The van der Waals surface area contributed by atoms with Crippen LogP contribution < -0.4 is 0 Å². The van der Waals surface area contributed by atoms with E-state index < -0.39 is 0 Å². The van der Waals surface area contributed by atoms with Crippen LogP contribution in [0.4, 0.5) is 0 Å². The number of likely N-dealkylation sites (tertiary alicyclic amines) is 1. The molecule has 0 amide bonds. The van der Waals surface area contributed by atoms with Crippen LogP contribution in [0.3, 0.4) is 0 Å². The number of nitrogens with zero attached hydrogens (tertiary/aromatic N) is 4. The predicted molar refractivity (Wildman–Crippen MR) is 76.1 cm³/mol. The Morgan fingerprint density at radius 2 is 2.20 bits per heavy atom. The molecule has 20 heavy (non-hydrogen) atoms. The van der Waals surface area contributed by atoms with Crippen molar-refractivity contribution in [2.45, 2.75) is 64.6 Å². The highest BCUT2D eigenvalue weighted by Crippen LogP contribution is 2.33. The van der Waals surface area contributed by atoms with Crippen LogP contribution in [0.5, 0.6) is 0 Å². The van der Waals surface area contributed by atoms with Gasteiger partial charge >= 0.3 is 0 Å². The average Bonchev–Trinajstić information content (AvgIpc) is 3.08. The summed E-state index contributed by atoms with van der Waals surface area (Å²) in [5.74, 6) is 1.79. The molecule has 2 aliphatic rings. The zero-order valence-electron chi connectivity index (χ0n) is 12.3. The number of piperidine rings is 1. The molecule has 0 aromatic carbocycles. The molecule has 2 unspecified atom stereocenters. The third-order valence-corrected chi connectivity index (χ3v) is 4.82. The Balaban J connectivity index is 1.73. The molecule has 2 atom stereocenters. The first-order valence-electron chi connectivity index (χ1n) is 7.93. The molecule has 1 saturated heterocycles. The maximum Gasteiger partial charge on any atom is 0.141 e. The van der Waals surface area contributed by atoms with E-state index in [0.29, 0.717) is 11.8 Å². The first-order valence-corrected chi connectivity index (χ1v) is 7.93. The molecule has 1 saturated carbocycles. The van der Waals surface area contributed by atoms with Crippen molar-refractivity contribution in [2.75, 3.05) is 6.54 Å². The summed E-state index contributed by atoms with van der Waals surface area (Å²) < 4.78 is 1.96. The Hall–Kier alpha value is -1.23. The number of aryl methyl sites for hydroxylation is 1. The van der Waals surface area contributed by atoms with Gasteiger partial charge in [0.25, 0.3) is 0 Å². The van der Waals surface area contributed by atoms with Crippen LogP contribution >= 0.6 is 0 Å². The number of carbonyl (C=O) groups excluding carboxylic acids is 1. The summed E-state index contributed by atoms with van der Waals surface area (Å²) in [7, 11) is 0. The highest BCUT2D eigenvalue weighted by Gasteiger charge is 2.37. The number of Topliss-reactive ketones (excluding diaryl/α,β-unsaturated/α-hetero) is 1. The van der Waals surface area contributed by atoms with Crippen LogP contribution in [-0.4, -0.2) is 38.0 Å². The van der Waals surface area contributed by atoms with Gasteiger partial charge in [-0.15, -0.1) is 0 Å². The van der Waals surface area contributed by atoms with Gasteiger partial charge < -0.3 is 0 Å². The highest BCUT2D eigenvalue weighted by molar-refractivity contribution is 5.83. The van der Waals surface area contributed by atoms with Crippen molar-refractivity contribution in [1.82, 2.24) is 19.7 Å². The Morgan fingerprint density at radius 1 is 1.30 bits per heavy atom. The van der Waals surface area contributed by atoms with E-state index in [4.69, 9.17) is 0 Å². The van der Waals surface area contributed by atoms with Crippen molar-refractivity contribution in [1.29, 1.82) is 0 Å². The standard InChI is InChI=1S/C15H24N4O/c1-2-19-15(16-11-17-19)10-18-9-4-3-7-13(18)12-6-5-8-14(12)20/h11-13H,2-10H2,1H3. The van der Waals surface area contributed by atoms with Crippen LogP contribution in [0.25, 0.3) is 0 Å². The van der Waals surface area contributed by atoms with E-state index in [9.17, 15) is 4.79 Å². The first-order chi connectivity index (χ1) is 9.79. The van der Waals surface area contributed by atoms with Crippen molar-refractivity contribution < 1.29 is 4.79 Å². The molecule has 1 aromatic rings. The lowest BCUT2D eigenvalue weighted by atomic mass is 9.88. The third-order valence-electron chi connectivity index (χ3n) is 4.82. The molecular formula is C15H24N4O. The minimum absolute atomic E-state index is 0.272. The quantitative estimate of drug-likeness (QED) is 0.844. The molecule has 1 aliphatic carbocycles. The van der Waals surface area contributed by atoms with Gasteiger partial charge in [0.15, 0.2) is 0 Å². The summed E-state index contributed by atoms with van der Waals surface area (Å²) >= 11 is 0. The summed E-state index contributed by atoms with van der Waals surface area (Å²) in [4.78, 5) is 19.0. The number of ketones is 1. The van der Waals surface area contributed by atoms with E-state index in [2.05, 4.69) is 21.9 Å². The molecular weight excluding hydrogens is 252 g/mol. The molecule has 0 N–H and O–H groups in total. The van der Waals surface area contributed by atoms with E-state index in [1.54, 1.807) is 6.33 Å². The maximum absolute atomic E-state index is 12.1. The fraction of sp³-hybridized carbons (Fsp3) is 0.800. The second-order valence-electron chi connectivity index (χ2n) is 5.99. The Morgan fingerprint density at radius 3 is 2.95 bits per heavy atom. The second kappa shape index (κ2) is 6.04. The van der Waals surface area contributed by atoms with Gasteiger partial charge in [-0.2, -0.15) is 5.10 Å². The van der Waals surface area contributed by atoms with Crippen LogP contribution in [0.2, 0.25) is 0 Å². The molecule has 1 aliphatic heterocycles. The SMILES string of the molecule is CCn1ncnc1CN1CCCCC1C1CCCC1=O. The summed E-state index contributed by atoms with van der Waals surface area (Å²) in [5, 5.41) is 4.25. The van der Waals surface area contributed by atoms with E-state index >= 15 is 0 Å². The average molecular weight is 276 g/mol. The van der Waals surface area contributed by atoms with Crippen molar-refractivity contribution in [3.63, 3.8) is 0 Å². The van der Waals surface area contributed by atoms with E-state index in [1.165, 1.54) is 12.8 Å². The fourth-order valence-electron chi connectivity index (χ4n) is 3.77. The zero-order chi connectivity index (χ0) is 13.9. The van der Waals surface area contributed by atoms with Crippen molar-refractivity contribution >= 4 is 5.78 Å². The van der Waals surface area contributed by atoms with Gasteiger partial charge in [-0.05, 0) is 39.2 Å². The van der Waals surface area contributed by atoms with Gasteiger partial charge in [-0.1, -0.05) is 6.42 Å². The topological polar surface area (TPSA) is 51.0 Å². The van der Waals surface area contributed by atoms with Gasteiger partial charge in [0.2, 0.25) is 0 Å². The molecule has 3 rings (SSSR count). The maximum atomic E-state index is 12.1. The predicted octanol–water partition coefficient (Wildman–Crippen LogP) is 2.02. The van der Waals surface area contributed by atoms with Gasteiger partial charge in [0.05, 0.1) is 6.54 Å². The normalized spacial score (nSPS) is 28.1. The van der Waals surface area contributed by atoms with Crippen LogP contribution in [0.15, 0.2) is 6.33 Å². The van der Waals surface area contributed by atoms with E-state index in [0.717, 1.165) is 51.1 Å². The molecule has 110 valence electrons. The Bertz CT molecular complexity index is 470. The second-order valence-corrected chi connectivity index (χ2v) is 5.99. The fourth-order valence-corrected chi connectivity index (χ4v) is 3.77. The van der Waals surface area contributed by atoms with Gasteiger partial charge in [-0.3, -0.25) is 9.69 Å². The molecule has 2 fully saturated rings. The Labute approximate surface area is 120 Å². The number of hydrogen-bond donors (Lipinski definition) is 0. The van der Waals surface area contributed by atoms with E-state index in [1.807, 2.05) is 4.68 Å². The molecule has 0 radical (unpaired) electrons. The van der Waals surface area contributed by atoms with Crippen LogP contribution in [0.1, 0.15) is 51.3 Å². The highest BCUT2D eigenvalue weighted by atomic mass is 16.1. The number of aromatic nitrogens is 3. The summed E-state index contributed by atoms with van der Waals surface area (Å²) in [6.07, 6.45) is 8.25. The number of rotatable bonds is 4. The third kappa shape index (κ3) is 2.64. The molecule has 5 heteroatoms. The van der Waals surface area contributed by atoms with Crippen molar-refractivity contribution in [3.8, 4) is 0 Å². The van der Waals surface area contributed by atoms with Crippen LogP contribution in [-0.2, 0) is 17.9 Å². The largest absolute Gasteiger partial charge is 0.299 e. The molecule has 1 aromatic heterocycles. The zero-order valence-corrected chi connectivity index (χ0v) is 12.3. The lowest BCUT2D eigenvalue weighted by Gasteiger charge is -2.38. The first kappa shape index (κ1) is 13.7. The van der Waals surface area contributed by atoms with E-state index in [-0.39, 0.29) is 5.92 Å². The lowest BCUT2D eigenvalue weighted by molar-refractivity contribution is -0.123. The van der Waals surface area contributed by atoms with Gasteiger partial charge in [0.1, 0.15) is 17.9 Å². The van der Waals surface area contributed by atoms with Gasteiger partial charge in [0, 0.05) is 24.9 Å². The minimum Gasteiger partial charge on any atom is -0.299 e. The molecule has 0 spiro atoms. The van der Waals surface area contributed by atoms with Crippen molar-refractivity contribution in [2.24, 2.45) is 5.92 Å².